The third-order valence-corrected chi connectivity index (χ3v) is 6.44. The van der Waals surface area contributed by atoms with Gasteiger partial charge in [-0.25, -0.2) is 0 Å². The molecular formula is C26H22ClF3N4O. The van der Waals surface area contributed by atoms with E-state index in [9.17, 15) is 13.2 Å². The summed E-state index contributed by atoms with van der Waals surface area (Å²) < 4.78 is 45.6. The summed E-state index contributed by atoms with van der Waals surface area (Å²) in [6, 6.07) is 22.3. The Morgan fingerprint density at radius 2 is 1.54 bits per heavy atom. The first kappa shape index (κ1) is 23.4. The molecule has 0 aliphatic carbocycles. The zero-order valence-electron chi connectivity index (χ0n) is 18.6. The molecule has 9 heteroatoms. The van der Waals surface area contributed by atoms with Gasteiger partial charge >= 0.3 is 6.18 Å². The second-order valence-corrected chi connectivity index (χ2v) is 8.72. The van der Waals surface area contributed by atoms with Gasteiger partial charge in [0.1, 0.15) is 6.04 Å². The molecule has 0 amide bonds. The number of benzene rings is 3. The molecule has 0 radical (unpaired) electrons. The summed E-state index contributed by atoms with van der Waals surface area (Å²) in [4.78, 5) is 4.18. The van der Waals surface area contributed by atoms with E-state index in [2.05, 4.69) is 15.1 Å². The monoisotopic (exact) mass is 498 g/mol. The summed E-state index contributed by atoms with van der Waals surface area (Å²) in [5, 5.41) is 9.11. The maximum Gasteiger partial charge on any atom is 0.416 e. The first-order chi connectivity index (χ1) is 16.9. The van der Waals surface area contributed by atoms with Crippen molar-refractivity contribution in [2.45, 2.75) is 12.2 Å². The maximum atomic E-state index is 13.2. The van der Waals surface area contributed by atoms with Crippen LogP contribution in [0.3, 0.4) is 0 Å². The Hall–Kier alpha value is -3.36. The Labute approximate surface area is 205 Å². The molecule has 0 unspecified atom stereocenters. The molecule has 2 heterocycles. The number of piperazine rings is 1. The summed E-state index contributed by atoms with van der Waals surface area (Å²) in [5.74, 6) is 0.785. The topological polar surface area (TPSA) is 45.4 Å². The highest BCUT2D eigenvalue weighted by Gasteiger charge is 2.33. The molecule has 0 bridgehead atoms. The molecule has 1 saturated heterocycles. The molecule has 4 aromatic rings. The second-order valence-electron chi connectivity index (χ2n) is 8.31. The zero-order valence-corrected chi connectivity index (χ0v) is 19.4. The fourth-order valence-electron chi connectivity index (χ4n) is 4.35. The maximum absolute atomic E-state index is 13.2. The van der Waals surface area contributed by atoms with E-state index in [1.54, 1.807) is 12.1 Å². The predicted molar refractivity (Wildman–Crippen MR) is 128 cm³/mol. The molecule has 0 N–H and O–H groups in total. The molecule has 5 rings (SSSR count). The highest BCUT2D eigenvalue weighted by Crippen LogP contribution is 2.35. The van der Waals surface area contributed by atoms with E-state index in [1.807, 2.05) is 53.4 Å². The molecule has 1 atom stereocenters. The third kappa shape index (κ3) is 5.04. The van der Waals surface area contributed by atoms with Gasteiger partial charge in [-0.15, -0.1) is 10.2 Å². The summed E-state index contributed by atoms with van der Waals surface area (Å²) >= 11 is 6.31. The predicted octanol–water partition coefficient (Wildman–Crippen LogP) is 6.32. The highest BCUT2D eigenvalue weighted by atomic mass is 35.5. The minimum atomic E-state index is -4.37. The fraction of sp³-hybridized carbons (Fsp3) is 0.231. The molecule has 0 spiro atoms. The van der Waals surface area contributed by atoms with Gasteiger partial charge in [0.2, 0.25) is 11.8 Å². The molecule has 0 saturated carbocycles. The fourth-order valence-corrected chi connectivity index (χ4v) is 4.57. The van der Waals surface area contributed by atoms with Crippen LogP contribution in [0.5, 0.6) is 0 Å². The smallest absolute Gasteiger partial charge is 0.416 e. The van der Waals surface area contributed by atoms with Crippen molar-refractivity contribution in [3.63, 3.8) is 0 Å². The van der Waals surface area contributed by atoms with Crippen molar-refractivity contribution in [1.29, 1.82) is 0 Å². The summed E-state index contributed by atoms with van der Waals surface area (Å²) in [7, 11) is 0. The van der Waals surface area contributed by atoms with Crippen molar-refractivity contribution in [3.8, 4) is 11.5 Å². The molecule has 5 nitrogen and oxygen atoms in total. The van der Waals surface area contributed by atoms with Crippen LogP contribution in [0.2, 0.25) is 5.02 Å². The van der Waals surface area contributed by atoms with Gasteiger partial charge in [0.25, 0.3) is 0 Å². The van der Waals surface area contributed by atoms with Crippen molar-refractivity contribution < 1.29 is 17.6 Å². The largest absolute Gasteiger partial charge is 0.419 e. The molecule has 180 valence electrons. The lowest BCUT2D eigenvalue weighted by Gasteiger charge is -2.39. The van der Waals surface area contributed by atoms with E-state index in [1.165, 1.54) is 12.1 Å². The number of aromatic nitrogens is 2. The van der Waals surface area contributed by atoms with Crippen LogP contribution in [0.25, 0.3) is 11.5 Å². The van der Waals surface area contributed by atoms with E-state index in [4.69, 9.17) is 16.0 Å². The van der Waals surface area contributed by atoms with Crippen molar-refractivity contribution in [2.24, 2.45) is 0 Å². The average Bonchev–Trinajstić information content (AvgIpc) is 3.34. The van der Waals surface area contributed by atoms with E-state index in [0.29, 0.717) is 54.2 Å². The van der Waals surface area contributed by atoms with E-state index < -0.39 is 11.7 Å². The Balaban J connectivity index is 1.39. The van der Waals surface area contributed by atoms with Gasteiger partial charge < -0.3 is 9.32 Å². The van der Waals surface area contributed by atoms with Gasteiger partial charge in [-0.3, -0.25) is 4.90 Å². The highest BCUT2D eigenvalue weighted by molar-refractivity contribution is 6.33. The van der Waals surface area contributed by atoms with Crippen molar-refractivity contribution >= 4 is 17.3 Å². The lowest BCUT2D eigenvalue weighted by Crippen LogP contribution is -2.48. The average molecular weight is 499 g/mol. The van der Waals surface area contributed by atoms with Crippen LogP contribution in [0.1, 0.15) is 23.1 Å². The molecule has 1 aliphatic heterocycles. The van der Waals surface area contributed by atoms with Gasteiger partial charge in [-0.2, -0.15) is 13.2 Å². The molecule has 35 heavy (non-hydrogen) atoms. The van der Waals surface area contributed by atoms with Gasteiger partial charge in [-0.05, 0) is 35.9 Å². The van der Waals surface area contributed by atoms with Crippen LogP contribution >= 0.6 is 11.6 Å². The Morgan fingerprint density at radius 1 is 0.829 bits per heavy atom. The van der Waals surface area contributed by atoms with Crippen molar-refractivity contribution in [2.75, 3.05) is 31.1 Å². The van der Waals surface area contributed by atoms with Crippen molar-refractivity contribution in [1.82, 2.24) is 15.1 Å². The summed E-state index contributed by atoms with van der Waals surface area (Å²) in [5.41, 5.74) is 1.58. The minimum absolute atomic E-state index is 0.288. The van der Waals surface area contributed by atoms with E-state index in [-0.39, 0.29) is 6.04 Å². The number of nitrogens with zero attached hydrogens (tertiary/aromatic N) is 4. The Kier molecular flexibility index (Phi) is 6.49. The normalized spacial score (nSPS) is 15.8. The lowest BCUT2D eigenvalue weighted by atomic mass is 10.0. The first-order valence-corrected chi connectivity index (χ1v) is 11.6. The van der Waals surface area contributed by atoms with Crippen LogP contribution < -0.4 is 4.90 Å². The number of rotatable bonds is 5. The van der Waals surface area contributed by atoms with Gasteiger partial charge in [0.05, 0.1) is 16.1 Å². The number of alkyl halides is 3. The molecule has 1 aromatic heterocycles. The number of halogens is 4. The van der Waals surface area contributed by atoms with Gasteiger partial charge in [-0.1, -0.05) is 60.1 Å². The van der Waals surface area contributed by atoms with E-state index >= 15 is 0 Å². The number of anilines is 1. The van der Waals surface area contributed by atoms with Crippen molar-refractivity contribution in [3.05, 3.63) is 101 Å². The van der Waals surface area contributed by atoms with Crippen LogP contribution in [-0.4, -0.2) is 41.3 Å². The molecular weight excluding hydrogens is 477 g/mol. The lowest BCUT2D eigenvalue weighted by molar-refractivity contribution is -0.137. The Morgan fingerprint density at radius 3 is 2.26 bits per heavy atom. The summed E-state index contributed by atoms with van der Waals surface area (Å²) in [6.07, 6.45) is -4.37. The molecule has 1 aliphatic rings. The number of hydrogen-bond donors (Lipinski definition) is 0. The quantitative estimate of drug-likeness (QED) is 0.322. The van der Waals surface area contributed by atoms with Crippen LogP contribution in [0.4, 0.5) is 18.9 Å². The van der Waals surface area contributed by atoms with E-state index in [0.717, 1.165) is 11.6 Å². The third-order valence-electron chi connectivity index (χ3n) is 6.11. The SMILES string of the molecule is FC(F)(F)c1cccc(N2CCN([C@@H](c3ccccc3)c3nnc(-c4ccccc4Cl)o3)CC2)c1. The van der Waals surface area contributed by atoms with Gasteiger partial charge in [0.15, 0.2) is 0 Å². The van der Waals surface area contributed by atoms with Crippen LogP contribution in [0, 0.1) is 0 Å². The van der Waals surface area contributed by atoms with Gasteiger partial charge in [0, 0.05) is 31.9 Å². The van der Waals surface area contributed by atoms with Crippen LogP contribution in [0.15, 0.2) is 83.3 Å². The minimum Gasteiger partial charge on any atom is -0.419 e. The standard InChI is InChI=1S/C26H22ClF3N4O/c27-22-12-5-4-11-21(22)24-31-32-25(35-24)23(18-7-2-1-3-8-18)34-15-13-33(14-16-34)20-10-6-9-19(17-20)26(28,29)30/h1-12,17,23H,13-16H2/t23-/m0/s1. The first-order valence-electron chi connectivity index (χ1n) is 11.2. The molecule has 1 fully saturated rings. The second kappa shape index (κ2) is 9.71. The zero-order chi connectivity index (χ0) is 24.4. The Bertz CT molecular complexity index is 1290. The number of hydrogen-bond acceptors (Lipinski definition) is 5. The molecule has 3 aromatic carbocycles. The van der Waals surface area contributed by atoms with Crippen LogP contribution in [-0.2, 0) is 6.18 Å². The summed E-state index contributed by atoms with van der Waals surface area (Å²) in [6.45, 7) is 2.35.